The molecule has 0 aromatic heterocycles. The molecule has 2 unspecified atom stereocenters. The van der Waals surface area contributed by atoms with E-state index < -0.39 is 0 Å². The molecule has 0 fully saturated rings. The zero-order chi connectivity index (χ0) is 11.7. The quantitative estimate of drug-likeness (QED) is 0.585. The number of hydrogen-bond acceptors (Lipinski definition) is 3. The molecule has 0 aromatic rings. The van der Waals surface area contributed by atoms with E-state index in [0.717, 1.165) is 25.9 Å². The minimum Gasteiger partial charge on any atom is -0.463 e. The Hall–Kier alpha value is -0.570. The largest absolute Gasteiger partial charge is 0.463 e. The number of rotatable bonds is 8. The number of ether oxygens (including phenoxy) is 2. The highest BCUT2D eigenvalue weighted by molar-refractivity contribution is 5.69. The van der Waals surface area contributed by atoms with Crippen molar-refractivity contribution in [2.45, 2.75) is 52.6 Å². The summed E-state index contributed by atoms with van der Waals surface area (Å²) < 4.78 is 10.3. The van der Waals surface area contributed by atoms with Gasteiger partial charge < -0.3 is 9.47 Å². The van der Waals surface area contributed by atoms with Gasteiger partial charge in [0, 0.05) is 20.1 Å². The molecule has 0 saturated heterocycles. The normalized spacial score (nSPS) is 14.7. The third kappa shape index (κ3) is 7.37. The smallest absolute Gasteiger partial charge is 0.305 e. The fraction of sp³-hybridized carbons (Fsp3) is 0.917. The Balaban J connectivity index is 3.79. The molecule has 0 N–H and O–H groups in total. The van der Waals surface area contributed by atoms with Crippen LogP contribution in [0.1, 0.15) is 46.5 Å². The monoisotopic (exact) mass is 216 g/mol. The summed E-state index contributed by atoms with van der Waals surface area (Å²) in [6.07, 6.45) is 3.57. The molecule has 0 saturated carbocycles. The van der Waals surface area contributed by atoms with Gasteiger partial charge in [-0.2, -0.15) is 0 Å². The summed E-state index contributed by atoms with van der Waals surface area (Å²) in [6, 6.07) is 0. The third-order valence-electron chi connectivity index (χ3n) is 2.59. The molecule has 2 atom stereocenters. The van der Waals surface area contributed by atoms with Crippen molar-refractivity contribution in [3.8, 4) is 0 Å². The first-order valence-corrected chi connectivity index (χ1v) is 5.82. The molecule has 0 amide bonds. The van der Waals surface area contributed by atoms with E-state index in [9.17, 15) is 4.79 Å². The zero-order valence-corrected chi connectivity index (χ0v) is 10.4. The van der Waals surface area contributed by atoms with Crippen LogP contribution < -0.4 is 0 Å². The van der Waals surface area contributed by atoms with Crippen molar-refractivity contribution >= 4 is 5.97 Å². The molecule has 0 radical (unpaired) electrons. The second-order valence-corrected chi connectivity index (χ2v) is 3.95. The van der Waals surface area contributed by atoms with E-state index in [-0.39, 0.29) is 12.1 Å². The van der Waals surface area contributed by atoms with E-state index in [1.54, 1.807) is 7.11 Å². The molecule has 0 aliphatic heterocycles. The fourth-order valence-electron chi connectivity index (χ4n) is 1.60. The van der Waals surface area contributed by atoms with Gasteiger partial charge in [0.05, 0.1) is 6.10 Å². The van der Waals surface area contributed by atoms with Crippen molar-refractivity contribution in [3.63, 3.8) is 0 Å². The topological polar surface area (TPSA) is 35.5 Å². The number of hydrogen-bond donors (Lipinski definition) is 0. The van der Waals surface area contributed by atoms with E-state index in [1.807, 2.05) is 13.8 Å². The van der Waals surface area contributed by atoms with Crippen molar-refractivity contribution in [2.75, 3.05) is 13.7 Å². The summed E-state index contributed by atoms with van der Waals surface area (Å²) in [7, 11) is 1.72. The first kappa shape index (κ1) is 14.4. The van der Waals surface area contributed by atoms with E-state index in [2.05, 4.69) is 6.92 Å². The van der Waals surface area contributed by atoms with Gasteiger partial charge in [-0.1, -0.05) is 20.3 Å². The van der Waals surface area contributed by atoms with Crippen LogP contribution >= 0.6 is 0 Å². The van der Waals surface area contributed by atoms with Gasteiger partial charge in [0.25, 0.3) is 0 Å². The first-order chi connectivity index (χ1) is 7.13. The predicted molar refractivity (Wildman–Crippen MR) is 60.7 cm³/mol. The average molecular weight is 216 g/mol. The van der Waals surface area contributed by atoms with Crippen molar-refractivity contribution in [1.29, 1.82) is 0 Å². The van der Waals surface area contributed by atoms with Gasteiger partial charge in [-0.3, -0.25) is 4.79 Å². The molecule has 15 heavy (non-hydrogen) atoms. The molecule has 0 rings (SSSR count). The molecule has 0 aliphatic carbocycles. The third-order valence-corrected chi connectivity index (χ3v) is 2.59. The van der Waals surface area contributed by atoms with Gasteiger partial charge >= 0.3 is 5.97 Å². The molecular weight excluding hydrogens is 192 g/mol. The van der Waals surface area contributed by atoms with Crippen LogP contribution in [0.15, 0.2) is 0 Å². The van der Waals surface area contributed by atoms with Crippen LogP contribution in [0.3, 0.4) is 0 Å². The number of esters is 1. The highest BCUT2D eigenvalue weighted by Crippen LogP contribution is 2.17. The maximum atomic E-state index is 11.1. The molecule has 90 valence electrons. The fourth-order valence-corrected chi connectivity index (χ4v) is 1.60. The summed E-state index contributed by atoms with van der Waals surface area (Å²) in [5.41, 5.74) is 0. The lowest BCUT2D eigenvalue weighted by atomic mass is 9.96. The van der Waals surface area contributed by atoms with E-state index in [0.29, 0.717) is 12.3 Å². The average Bonchev–Trinajstić information content (AvgIpc) is 2.23. The Bertz CT molecular complexity index is 168. The lowest BCUT2D eigenvalue weighted by molar-refractivity contribution is -0.148. The van der Waals surface area contributed by atoms with Gasteiger partial charge in [0.15, 0.2) is 0 Å². The van der Waals surface area contributed by atoms with Crippen LogP contribution in [0.25, 0.3) is 0 Å². The van der Waals surface area contributed by atoms with Crippen LogP contribution in [0.4, 0.5) is 0 Å². The molecule has 3 nitrogen and oxygen atoms in total. The summed E-state index contributed by atoms with van der Waals surface area (Å²) in [6.45, 7) is 6.72. The minimum atomic E-state index is -0.107. The second-order valence-electron chi connectivity index (χ2n) is 3.95. The Kier molecular flexibility index (Phi) is 8.38. The Morgan fingerprint density at radius 2 is 2.00 bits per heavy atom. The highest BCUT2D eigenvalue weighted by atomic mass is 16.5. The maximum absolute atomic E-state index is 11.1. The van der Waals surface area contributed by atoms with Crippen LogP contribution in [0.2, 0.25) is 0 Å². The van der Waals surface area contributed by atoms with Crippen molar-refractivity contribution in [3.05, 3.63) is 0 Å². The number of carbonyl (C=O) groups excluding carboxylic acids is 1. The van der Waals surface area contributed by atoms with Crippen LogP contribution in [0, 0.1) is 5.92 Å². The highest BCUT2D eigenvalue weighted by Gasteiger charge is 2.14. The Morgan fingerprint density at radius 3 is 2.47 bits per heavy atom. The van der Waals surface area contributed by atoms with Gasteiger partial charge in [0.1, 0.15) is 0 Å². The summed E-state index contributed by atoms with van der Waals surface area (Å²) in [4.78, 5) is 11.1. The van der Waals surface area contributed by atoms with E-state index in [1.165, 1.54) is 0 Å². The van der Waals surface area contributed by atoms with Crippen LogP contribution in [-0.2, 0) is 14.3 Å². The lowest BCUT2D eigenvalue weighted by Crippen LogP contribution is -2.18. The molecule has 3 heteroatoms. The molecule has 0 aromatic carbocycles. The molecule has 0 bridgehead atoms. The zero-order valence-electron chi connectivity index (χ0n) is 10.4. The molecular formula is C12H24O3. The van der Waals surface area contributed by atoms with Crippen LogP contribution in [0.5, 0.6) is 0 Å². The van der Waals surface area contributed by atoms with E-state index >= 15 is 0 Å². The number of methoxy groups -OCH3 is 1. The van der Waals surface area contributed by atoms with Gasteiger partial charge in [0.2, 0.25) is 0 Å². The first-order valence-electron chi connectivity index (χ1n) is 5.82. The van der Waals surface area contributed by atoms with Crippen molar-refractivity contribution < 1.29 is 14.3 Å². The van der Waals surface area contributed by atoms with Crippen molar-refractivity contribution in [1.82, 2.24) is 0 Å². The predicted octanol–water partition coefficient (Wildman–Crippen LogP) is 2.78. The standard InChI is InChI=1S/C12H24O3/c1-5-11(7-8-14-4)9-10(3)15-12(13)6-2/h10-11H,5-9H2,1-4H3. The van der Waals surface area contributed by atoms with Gasteiger partial charge in [-0.05, 0) is 25.7 Å². The number of carbonyl (C=O) groups is 1. The summed E-state index contributed by atoms with van der Waals surface area (Å²) >= 11 is 0. The molecule has 0 heterocycles. The lowest BCUT2D eigenvalue weighted by Gasteiger charge is -2.19. The Morgan fingerprint density at radius 1 is 1.33 bits per heavy atom. The molecule has 0 spiro atoms. The van der Waals surface area contributed by atoms with Crippen LogP contribution in [-0.4, -0.2) is 25.8 Å². The van der Waals surface area contributed by atoms with Gasteiger partial charge in [-0.25, -0.2) is 0 Å². The summed E-state index contributed by atoms with van der Waals surface area (Å²) in [5.74, 6) is 0.480. The maximum Gasteiger partial charge on any atom is 0.305 e. The van der Waals surface area contributed by atoms with E-state index in [4.69, 9.17) is 9.47 Å². The Labute approximate surface area is 93.1 Å². The van der Waals surface area contributed by atoms with Gasteiger partial charge in [-0.15, -0.1) is 0 Å². The molecule has 0 aliphatic rings. The summed E-state index contributed by atoms with van der Waals surface area (Å²) in [5, 5.41) is 0. The second kappa shape index (κ2) is 8.72. The SMILES string of the molecule is CCC(=O)OC(C)CC(CC)CCOC. The van der Waals surface area contributed by atoms with Crippen molar-refractivity contribution in [2.24, 2.45) is 5.92 Å². The minimum absolute atomic E-state index is 0.0271.